The van der Waals surface area contributed by atoms with Gasteiger partial charge >= 0.3 is 6.09 Å². The topological polar surface area (TPSA) is 107 Å². The molecular weight excluding hydrogens is 430 g/mol. The summed E-state index contributed by atoms with van der Waals surface area (Å²) in [4.78, 5) is 29.3. The van der Waals surface area contributed by atoms with Crippen LogP contribution in [-0.4, -0.2) is 39.0 Å². The van der Waals surface area contributed by atoms with Crippen LogP contribution in [-0.2, 0) is 9.47 Å². The van der Waals surface area contributed by atoms with E-state index < -0.39 is 11.7 Å². The van der Waals surface area contributed by atoms with Gasteiger partial charge in [0.25, 0.3) is 5.91 Å². The molecule has 1 aliphatic rings. The van der Waals surface area contributed by atoms with E-state index in [1.54, 1.807) is 27.0 Å². The Morgan fingerprint density at radius 1 is 1.22 bits per heavy atom. The monoisotopic (exact) mass is 457 g/mol. The molecule has 0 aliphatic carbocycles. The Morgan fingerprint density at radius 2 is 2.03 bits per heavy atom. The Balaban J connectivity index is 1.51. The van der Waals surface area contributed by atoms with Crippen LogP contribution in [0.5, 0.6) is 0 Å². The molecule has 0 spiro atoms. The molecule has 170 valence electrons. The summed E-state index contributed by atoms with van der Waals surface area (Å²) in [6.45, 7) is 7.99. The summed E-state index contributed by atoms with van der Waals surface area (Å²) in [6, 6.07) is 3.96. The number of anilines is 2. The fourth-order valence-electron chi connectivity index (χ4n) is 3.55. The number of nitrogens with zero attached hydrogens (tertiary/aromatic N) is 3. The molecule has 1 atom stereocenters. The van der Waals surface area contributed by atoms with Crippen molar-refractivity contribution in [2.75, 3.05) is 17.2 Å². The van der Waals surface area contributed by atoms with Gasteiger partial charge in [-0.15, -0.1) is 0 Å². The van der Waals surface area contributed by atoms with Gasteiger partial charge in [0.15, 0.2) is 11.4 Å². The number of ether oxygens (including phenoxy) is 2. The quantitative estimate of drug-likeness (QED) is 0.564. The number of nitrogens with one attached hydrogen (secondary N) is 2. The van der Waals surface area contributed by atoms with E-state index >= 15 is 0 Å². The number of carbonyl (C=O) groups excluding carboxylic acids is 2. The Kier molecular flexibility index (Phi) is 6.16. The minimum atomic E-state index is -0.620. The first kappa shape index (κ1) is 22.2. The van der Waals surface area contributed by atoms with Gasteiger partial charge < -0.3 is 14.8 Å². The predicted molar refractivity (Wildman–Crippen MR) is 123 cm³/mol. The summed E-state index contributed by atoms with van der Waals surface area (Å²) in [7, 11) is 0. The first-order valence-electron chi connectivity index (χ1n) is 10.6. The van der Waals surface area contributed by atoms with Crippen molar-refractivity contribution in [3.8, 4) is 0 Å². The average molecular weight is 458 g/mol. The Bertz CT molecular complexity index is 1140. The molecule has 4 rings (SSSR count). The second-order valence-corrected chi connectivity index (χ2v) is 9.74. The molecule has 2 N–H and O–H groups in total. The zero-order valence-corrected chi connectivity index (χ0v) is 19.4. The van der Waals surface area contributed by atoms with Crippen molar-refractivity contribution >= 4 is 45.1 Å². The van der Waals surface area contributed by atoms with Gasteiger partial charge in [-0.1, -0.05) is 17.4 Å². The minimum absolute atomic E-state index is 0.0875. The van der Waals surface area contributed by atoms with Gasteiger partial charge in [-0.3, -0.25) is 10.1 Å². The minimum Gasteiger partial charge on any atom is -0.444 e. The molecule has 0 saturated carbocycles. The summed E-state index contributed by atoms with van der Waals surface area (Å²) in [5, 5.41) is 11.2. The zero-order valence-electron chi connectivity index (χ0n) is 18.6. The lowest BCUT2D eigenvalue weighted by Crippen LogP contribution is -2.27. The van der Waals surface area contributed by atoms with Gasteiger partial charge in [-0.25, -0.2) is 14.5 Å². The molecule has 9 nitrogen and oxygen atoms in total. The van der Waals surface area contributed by atoms with Crippen molar-refractivity contribution in [1.82, 2.24) is 14.8 Å². The average Bonchev–Trinajstić information content (AvgIpc) is 3.36. The molecule has 1 saturated heterocycles. The third kappa shape index (κ3) is 4.91. The van der Waals surface area contributed by atoms with Crippen LogP contribution in [0.25, 0.3) is 10.9 Å². The summed E-state index contributed by atoms with van der Waals surface area (Å²) in [5.41, 5.74) is 1.91. The highest BCUT2D eigenvalue weighted by molar-refractivity contribution is 7.17. The molecular formula is C22H27N5O4S. The van der Waals surface area contributed by atoms with E-state index in [0.29, 0.717) is 15.7 Å². The van der Waals surface area contributed by atoms with E-state index in [-0.39, 0.29) is 12.1 Å². The van der Waals surface area contributed by atoms with Crippen molar-refractivity contribution < 1.29 is 19.1 Å². The number of benzene rings is 1. The van der Waals surface area contributed by atoms with Crippen LogP contribution in [0, 0.1) is 6.92 Å². The largest absolute Gasteiger partial charge is 0.444 e. The van der Waals surface area contributed by atoms with Gasteiger partial charge in [0, 0.05) is 12.0 Å². The van der Waals surface area contributed by atoms with Gasteiger partial charge in [-0.05, 0) is 58.6 Å². The van der Waals surface area contributed by atoms with Gasteiger partial charge in [0.1, 0.15) is 10.5 Å². The highest BCUT2D eigenvalue weighted by atomic mass is 32.1. The molecule has 1 aliphatic heterocycles. The lowest BCUT2D eigenvalue weighted by Gasteiger charge is -2.23. The standard InChI is InChI=1S/C22H27N5O4S/c1-13-8-9-15-14(11-24-27(15)17-7-5-6-10-30-17)18(13)25-19(28)16-12-23-20(32-16)26-21(29)31-22(2,3)4/h8-9,11-12,17H,5-7,10H2,1-4H3,(H,25,28)(H,23,26,29). The number of rotatable bonds is 4. The predicted octanol–water partition coefficient (Wildman–Crippen LogP) is 5.10. The molecule has 10 heteroatoms. The fourth-order valence-corrected chi connectivity index (χ4v) is 4.24. The van der Waals surface area contributed by atoms with Crippen molar-refractivity contribution in [2.45, 2.75) is 58.8 Å². The van der Waals surface area contributed by atoms with Crippen molar-refractivity contribution in [2.24, 2.45) is 0 Å². The van der Waals surface area contributed by atoms with Crippen LogP contribution in [0.2, 0.25) is 0 Å². The van der Waals surface area contributed by atoms with Crippen LogP contribution in [0.15, 0.2) is 24.5 Å². The molecule has 0 bridgehead atoms. The molecule has 32 heavy (non-hydrogen) atoms. The zero-order chi connectivity index (χ0) is 22.9. The maximum absolute atomic E-state index is 12.9. The van der Waals surface area contributed by atoms with Crippen LogP contribution < -0.4 is 10.6 Å². The van der Waals surface area contributed by atoms with Gasteiger partial charge in [-0.2, -0.15) is 5.10 Å². The van der Waals surface area contributed by atoms with Crippen molar-refractivity contribution in [3.63, 3.8) is 0 Å². The number of carbonyl (C=O) groups is 2. The highest BCUT2D eigenvalue weighted by Gasteiger charge is 2.22. The summed E-state index contributed by atoms with van der Waals surface area (Å²) in [5.74, 6) is -0.308. The molecule has 0 radical (unpaired) electrons. The van der Waals surface area contributed by atoms with Crippen molar-refractivity contribution in [1.29, 1.82) is 0 Å². The first-order valence-corrected chi connectivity index (χ1v) is 11.4. The summed E-state index contributed by atoms with van der Waals surface area (Å²) in [6.07, 6.45) is 5.58. The van der Waals surface area contributed by atoms with Crippen LogP contribution >= 0.6 is 11.3 Å². The second-order valence-electron chi connectivity index (χ2n) is 8.71. The van der Waals surface area contributed by atoms with Gasteiger partial charge in [0.2, 0.25) is 0 Å². The van der Waals surface area contributed by atoms with Crippen LogP contribution in [0.3, 0.4) is 0 Å². The van der Waals surface area contributed by atoms with Crippen LogP contribution in [0.1, 0.15) is 61.5 Å². The maximum atomic E-state index is 12.9. The SMILES string of the molecule is Cc1ccc2c(cnn2C2CCCCO2)c1NC(=O)c1cnc(NC(=O)OC(C)(C)C)s1. The highest BCUT2D eigenvalue weighted by Crippen LogP contribution is 2.32. The summed E-state index contributed by atoms with van der Waals surface area (Å²) >= 11 is 1.08. The van der Waals surface area contributed by atoms with E-state index in [1.807, 2.05) is 23.7 Å². The second kappa shape index (κ2) is 8.87. The number of aryl methyl sites for hydroxylation is 1. The third-order valence-electron chi connectivity index (χ3n) is 4.99. The third-order valence-corrected chi connectivity index (χ3v) is 5.90. The number of hydrogen-bond donors (Lipinski definition) is 2. The Morgan fingerprint density at radius 3 is 2.75 bits per heavy atom. The molecule has 1 aromatic carbocycles. The van der Waals surface area contributed by atoms with Crippen molar-refractivity contribution in [3.05, 3.63) is 35.0 Å². The fraction of sp³-hybridized carbons (Fsp3) is 0.455. The van der Waals surface area contributed by atoms with E-state index in [9.17, 15) is 9.59 Å². The molecule has 1 fully saturated rings. The van der Waals surface area contributed by atoms with E-state index in [4.69, 9.17) is 9.47 Å². The van der Waals surface area contributed by atoms with Gasteiger partial charge in [0.05, 0.1) is 23.6 Å². The number of fused-ring (bicyclic) bond motifs is 1. The molecule has 1 unspecified atom stereocenters. The Hall–Kier alpha value is -2.98. The number of amides is 2. The number of thiazole rings is 1. The first-order chi connectivity index (χ1) is 15.2. The molecule has 3 heterocycles. The van der Waals surface area contributed by atoms with Crippen LogP contribution in [0.4, 0.5) is 15.6 Å². The lowest BCUT2D eigenvalue weighted by molar-refractivity contribution is -0.0366. The van der Waals surface area contributed by atoms with E-state index in [2.05, 4.69) is 20.7 Å². The van der Waals surface area contributed by atoms with E-state index in [0.717, 1.165) is 53.7 Å². The number of hydrogen-bond acceptors (Lipinski definition) is 7. The molecule has 2 amide bonds. The molecule has 3 aromatic rings. The Labute approximate surface area is 190 Å². The normalized spacial score (nSPS) is 16.7. The lowest BCUT2D eigenvalue weighted by atomic mass is 10.1. The molecule has 2 aromatic heterocycles. The smallest absolute Gasteiger partial charge is 0.413 e. The van der Waals surface area contributed by atoms with E-state index in [1.165, 1.54) is 6.20 Å². The maximum Gasteiger partial charge on any atom is 0.413 e. The number of aromatic nitrogens is 3. The summed E-state index contributed by atoms with van der Waals surface area (Å²) < 4.78 is 13.0.